The van der Waals surface area contributed by atoms with E-state index in [0.717, 1.165) is 177 Å². The van der Waals surface area contributed by atoms with Gasteiger partial charge in [-0.25, -0.2) is 29.9 Å². The number of hydrogen-bond acceptors (Lipinski definition) is 10. The van der Waals surface area contributed by atoms with Gasteiger partial charge in [0.1, 0.15) is 22.3 Å². The summed E-state index contributed by atoms with van der Waals surface area (Å²) < 4.78 is 14.1. The van der Waals surface area contributed by atoms with Gasteiger partial charge in [0, 0.05) is 99.8 Å². The number of hydrogen-bond donors (Lipinski definition) is 0. The molecule has 0 N–H and O–H groups in total. The minimum Gasteiger partial charge on any atom is -0.455 e. The number of aromatic nitrogens is 6. The van der Waals surface area contributed by atoms with Crippen molar-refractivity contribution in [3.05, 3.63) is 413 Å². The zero-order valence-electron chi connectivity index (χ0n) is 63.7. The largest absolute Gasteiger partial charge is 0.455 e. The van der Waals surface area contributed by atoms with Crippen LogP contribution in [0.5, 0.6) is 0 Å². The van der Waals surface area contributed by atoms with Gasteiger partial charge in [0.15, 0.2) is 34.9 Å². The Kier molecular flexibility index (Phi) is 17.0. The van der Waals surface area contributed by atoms with E-state index in [4.69, 9.17) is 38.7 Å². The van der Waals surface area contributed by atoms with Crippen LogP contribution in [-0.2, 0) is 0 Å². The Labute approximate surface area is 679 Å². The smallest absolute Gasteiger partial charge is 0.164 e. The molecule has 10 nitrogen and oxygen atoms in total. The first kappa shape index (κ1) is 68.7. The van der Waals surface area contributed by atoms with Crippen LogP contribution in [0.3, 0.4) is 0 Å². The third-order valence-corrected chi connectivity index (χ3v) is 22.5. The summed E-state index contributed by atoms with van der Waals surface area (Å²) in [5.41, 5.74) is 23.2. The van der Waals surface area contributed by atoms with Gasteiger partial charge in [-0.2, -0.15) is 0 Å². The van der Waals surface area contributed by atoms with Crippen molar-refractivity contribution in [3.8, 4) is 113 Å². The molecule has 0 aliphatic rings. The van der Waals surface area contributed by atoms with Crippen molar-refractivity contribution in [2.75, 3.05) is 9.80 Å². The lowest BCUT2D eigenvalue weighted by atomic mass is 9.91. The van der Waals surface area contributed by atoms with Crippen LogP contribution < -0.4 is 9.80 Å². The van der Waals surface area contributed by atoms with Crippen LogP contribution in [0.15, 0.2) is 421 Å². The van der Waals surface area contributed by atoms with E-state index in [0.29, 0.717) is 34.9 Å². The van der Waals surface area contributed by atoms with Crippen molar-refractivity contribution < 1.29 is 8.83 Å². The molecule has 0 fully saturated rings. The second kappa shape index (κ2) is 29.2. The summed E-state index contributed by atoms with van der Waals surface area (Å²) in [4.78, 5) is 35.7. The number of fused-ring (bicyclic) bond motifs is 11. The molecule has 0 saturated heterocycles. The minimum absolute atomic E-state index is 0.552. The highest BCUT2D eigenvalue weighted by atomic mass is 16.3. The average molecular weight is 1510 g/mol. The summed E-state index contributed by atoms with van der Waals surface area (Å²) in [7, 11) is 0. The molecule has 0 unspecified atom stereocenters. The van der Waals surface area contributed by atoms with Gasteiger partial charge in [0.2, 0.25) is 0 Å². The van der Waals surface area contributed by atoms with E-state index < -0.39 is 0 Å². The predicted octanol–water partition coefficient (Wildman–Crippen LogP) is 28.9. The molecule has 4 aromatic heterocycles. The van der Waals surface area contributed by atoms with Crippen molar-refractivity contribution in [2.24, 2.45) is 0 Å². The van der Waals surface area contributed by atoms with E-state index >= 15 is 0 Å². The molecule has 0 atom stereocenters. The van der Waals surface area contributed by atoms with Gasteiger partial charge in [0.05, 0.1) is 0 Å². The molecule has 18 aromatic carbocycles. The maximum atomic E-state index is 7.22. The van der Waals surface area contributed by atoms with Crippen molar-refractivity contribution in [2.45, 2.75) is 0 Å². The molecule has 0 bridgehead atoms. The van der Waals surface area contributed by atoms with Crippen molar-refractivity contribution in [1.29, 1.82) is 0 Å². The molecular weight excluding hydrogens is 1440 g/mol. The lowest BCUT2D eigenvalue weighted by Gasteiger charge is -2.26. The van der Waals surface area contributed by atoms with Crippen LogP contribution in [0.4, 0.5) is 34.1 Å². The minimum atomic E-state index is 0.552. The highest BCUT2D eigenvalue weighted by Crippen LogP contribution is 2.49. The van der Waals surface area contributed by atoms with E-state index in [2.05, 4.69) is 283 Å². The molecule has 118 heavy (non-hydrogen) atoms. The van der Waals surface area contributed by atoms with Crippen LogP contribution >= 0.6 is 0 Å². The molecule has 0 saturated carbocycles. The van der Waals surface area contributed by atoms with E-state index in [-0.39, 0.29) is 0 Å². The topological polar surface area (TPSA) is 110 Å². The summed E-state index contributed by atoms with van der Waals surface area (Å²) in [6.07, 6.45) is 0. The van der Waals surface area contributed by atoms with Gasteiger partial charge in [-0.1, -0.05) is 303 Å². The molecule has 552 valence electrons. The van der Waals surface area contributed by atoms with E-state index in [1.807, 2.05) is 140 Å². The molecule has 0 spiro atoms. The van der Waals surface area contributed by atoms with Gasteiger partial charge >= 0.3 is 0 Å². The highest BCUT2D eigenvalue weighted by molar-refractivity contribution is 6.24. The fourth-order valence-electron chi connectivity index (χ4n) is 16.9. The zero-order valence-corrected chi connectivity index (χ0v) is 63.7. The van der Waals surface area contributed by atoms with Gasteiger partial charge in [0.25, 0.3) is 0 Å². The fourth-order valence-corrected chi connectivity index (χ4v) is 16.9. The van der Waals surface area contributed by atoms with Crippen molar-refractivity contribution >= 4 is 110 Å². The molecule has 0 aliphatic heterocycles. The fraction of sp³-hybridized carbons (Fsp3) is 0. The van der Waals surface area contributed by atoms with E-state index in [1.165, 1.54) is 10.8 Å². The van der Waals surface area contributed by atoms with Crippen LogP contribution in [0.1, 0.15) is 0 Å². The number of benzene rings is 18. The van der Waals surface area contributed by atoms with E-state index in [1.54, 1.807) is 0 Å². The number of furan rings is 2. The van der Waals surface area contributed by atoms with Crippen molar-refractivity contribution in [1.82, 2.24) is 29.9 Å². The molecule has 22 rings (SSSR count). The number of rotatable bonds is 16. The maximum absolute atomic E-state index is 7.22. The Morgan fingerprint density at radius 2 is 0.500 bits per heavy atom. The summed E-state index contributed by atoms with van der Waals surface area (Å²) in [6.45, 7) is 0. The summed E-state index contributed by atoms with van der Waals surface area (Å²) in [5.74, 6) is 3.49. The van der Waals surface area contributed by atoms with Crippen molar-refractivity contribution in [3.63, 3.8) is 0 Å². The summed E-state index contributed by atoms with van der Waals surface area (Å²) in [6, 6.07) is 145. The standard InChI is InChI=1S/C108H68N8O2/c1-7-27-73(28-8-1)103-109-104(74-29-9-2-10-30-74)112-107(111-103)90-44-24-46-97-99(90)95-67-92(87-42-21-22-43-89(87)101(95)117-97)71-51-58-84(59-52-71)115(81-38-15-5-16-39-81)83-56-48-70(49-57-83)77-36-23-37-78(64-77)80-55-63-88-93(72-53-60-85(61-54-72)116(82-40-17-6-18-41-82)86-62-50-69-26-19-20-35-79(69)65-86)68-96-100-91(45-25-47-98(100)118-102(96)94(88)66-80)108-113-105(75-31-11-3-12-32-75)110-106(114-108)76-33-13-4-14-34-76/h1-68H. The Morgan fingerprint density at radius 1 is 0.169 bits per heavy atom. The number of para-hydroxylation sites is 2. The van der Waals surface area contributed by atoms with Gasteiger partial charge in [-0.15, -0.1) is 0 Å². The zero-order chi connectivity index (χ0) is 78.0. The third-order valence-electron chi connectivity index (χ3n) is 22.5. The Morgan fingerprint density at radius 3 is 0.975 bits per heavy atom. The predicted molar refractivity (Wildman–Crippen MR) is 484 cm³/mol. The molecule has 0 aliphatic carbocycles. The summed E-state index contributed by atoms with van der Waals surface area (Å²) >= 11 is 0. The molecule has 0 radical (unpaired) electrons. The van der Waals surface area contributed by atoms with Gasteiger partial charge in [-0.05, 0) is 175 Å². The maximum Gasteiger partial charge on any atom is 0.164 e. The van der Waals surface area contributed by atoms with Crippen LogP contribution in [0.25, 0.3) is 189 Å². The molecule has 4 heterocycles. The van der Waals surface area contributed by atoms with Crippen LogP contribution in [-0.4, -0.2) is 29.9 Å². The normalized spacial score (nSPS) is 11.6. The van der Waals surface area contributed by atoms with Gasteiger partial charge < -0.3 is 18.6 Å². The van der Waals surface area contributed by atoms with Crippen LogP contribution in [0.2, 0.25) is 0 Å². The highest BCUT2D eigenvalue weighted by Gasteiger charge is 2.26. The first-order chi connectivity index (χ1) is 58.5. The van der Waals surface area contributed by atoms with E-state index in [9.17, 15) is 0 Å². The molecule has 10 heteroatoms. The monoisotopic (exact) mass is 1510 g/mol. The number of anilines is 6. The second-order valence-electron chi connectivity index (χ2n) is 29.6. The lowest BCUT2D eigenvalue weighted by Crippen LogP contribution is -2.09. The Hall–Kier alpha value is -16.0. The molecule has 0 amide bonds. The third kappa shape index (κ3) is 12.5. The lowest BCUT2D eigenvalue weighted by molar-refractivity contribution is 0.672. The number of nitrogens with zero attached hydrogens (tertiary/aromatic N) is 8. The Bertz CT molecular complexity index is 7460. The SMILES string of the molecule is c1ccc(-c2nc(-c3ccccc3)nc(-c3cccc4oc5c6ccccc6c(-c6ccc(N(c7ccccc7)c7ccc(-c8cccc(-c9ccc%10c(-c%11ccc(N(c%12ccccc%12)c%12ccc%13ccccc%13c%12)cc%11)cc%11c(oc%12cccc(-c%13nc(-c%14ccccc%14)nc(-c%14ccccc%14)n%13)c%12%11)c%10c9)c8)cc7)cc6)cc5c34)n2)cc1. The quantitative estimate of drug-likeness (QED) is 0.0927. The van der Waals surface area contributed by atoms with Crippen LogP contribution in [0, 0.1) is 0 Å². The molecule has 22 aromatic rings. The second-order valence-corrected chi connectivity index (χ2v) is 29.6. The van der Waals surface area contributed by atoms with Gasteiger partial charge in [-0.3, -0.25) is 0 Å². The first-order valence-corrected chi connectivity index (χ1v) is 39.6. The first-order valence-electron chi connectivity index (χ1n) is 39.6. The average Bonchev–Trinajstić information content (AvgIpc) is 1.55. The molecular formula is C108H68N8O2. The Balaban J connectivity index is 0.628. The summed E-state index contributed by atoms with van der Waals surface area (Å²) in [5, 5.41) is 10.3.